The van der Waals surface area contributed by atoms with Gasteiger partial charge in [-0.1, -0.05) is 43.5 Å². The minimum atomic E-state index is -0.376. The van der Waals surface area contributed by atoms with E-state index in [1.807, 2.05) is 47.0 Å². The first-order valence-corrected chi connectivity index (χ1v) is 12.0. The van der Waals surface area contributed by atoms with E-state index in [1.54, 1.807) is 25.3 Å². The zero-order valence-electron chi connectivity index (χ0n) is 19.5. The van der Waals surface area contributed by atoms with Crippen molar-refractivity contribution in [3.8, 4) is 0 Å². The van der Waals surface area contributed by atoms with Gasteiger partial charge in [0.05, 0.1) is 29.0 Å². The van der Waals surface area contributed by atoms with Crippen LogP contribution in [0.2, 0.25) is 0 Å². The van der Waals surface area contributed by atoms with Gasteiger partial charge in [-0.2, -0.15) is 0 Å². The van der Waals surface area contributed by atoms with Gasteiger partial charge in [0.1, 0.15) is 0 Å². The fourth-order valence-electron chi connectivity index (χ4n) is 4.43. The molecule has 3 aromatic rings. The van der Waals surface area contributed by atoms with Gasteiger partial charge in [-0.05, 0) is 56.0 Å². The highest BCUT2D eigenvalue weighted by Crippen LogP contribution is 2.31. The van der Waals surface area contributed by atoms with Crippen molar-refractivity contribution >= 4 is 34.1 Å². The predicted molar refractivity (Wildman–Crippen MR) is 137 cm³/mol. The highest BCUT2D eigenvalue weighted by Gasteiger charge is 2.18. The number of aromatic nitrogens is 2. The van der Waals surface area contributed by atoms with Crippen molar-refractivity contribution in [2.45, 2.75) is 45.6 Å². The quantitative estimate of drug-likeness (QED) is 0.217. The third-order valence-corrected chi connectivity index (χ3v) is 6.10. The van der Waals surface area contributed by atoms with E-state index in [9.17, 15) is 9.59 Å². The Morgan fingerprint density at radius 3 is 2.68 bits per heavy atom. The summed E-state index contributed by atoms with van der Waals surface area (Å²) in [6, 6.07) is 13.8. The van der Waals surface area contributed by atoms with Crippen LogP contribution >= 0.6 is 0 Å². The maximum absolute atomic E-state index is 12.8. The molecule has 1 saturated carbocycles. The molecule has 178 valence electrons. The van der Waals surface area contributed by atoms with Gasteiger partial charge in [-0.25, -0.2) is 9.59 Å². The Morgan fingerprint density at radius 1 is 1.12 bits per heavy atom. The molecule has 0 aliphatic heterocycles. The SMILES string of the molecule is CCOC(=O)/C=C/C=C\Nc1cc2c(cc1Nc1ccccc1)[nH]c(=O)n2CC1CCCCC1. The Balaban J connectivity index is 1.63. The zero-order chi connectivity index (χ0) is 23.8. The van der Waals surface area contributed by atoms with Gasteiger partial charge in [-0.15, -0.1) is 0 Å². The molecule has 1 aliphatic carbocycles. The number of aromatic amines is 1. The van der Waals surface area contributed by atoms with Gasteiger partial charge < -0.3 is 20.4 Å². The Kier molecular flexibility index (Phi) is 7.86. The fraction of sp³-hybridized carbons (Fsp3) is 0.333. The first-order chi connectivity index (χ1) is 16.6. The van der Waals surface area contributed by atoms with E-state index in [-0.39, 0.29) is 11.7 Å². The molecule has 0 amide bonds. The van der Waals surface area contributed by atoms with Crippen LogP contribution in [0.3, 0.4) is 0 Å². The van der Waals surface area contributed by atoms with Crippen molar-refractivity contribution in [3.63, 3.8) is 0 Å². The highest BCUT2D eigenvalue weighted by molar-refractivity contribution is 5.90. The largest absolute Gasteiger partial charge is 0.463 e. The summed E-state index contributed by atoms with van der Waals surface area (Å²) in [7, 11) is 0. The second-order valence-corrected chi connectivity index (χ2v) is 8.57. The molecule has 0 atom stereocenters. The van der Waals surface area contributed by atoms with Crippen LogP contribution in [0.15, 0.2) is 71.7 Å². The topological polar surface area (TPSA) is 88.2 Å². The number of hydrogen-bond donors (Lipinski definition) is 3. The number of carbonyl (C=O) groups excluding carboxylic acids is 1. The molecule has 1 heterocycles. The molecule has 2 aromatic carbocycles. The lowest BCUT2D eigenvalue weighted by molar-refractivity contribution is -0.137. The minimum Gasteiger partial charge on any atom is -0.463 e. The van der Waals surface area contributed by atoms with Gasteiger partial charge in [0.2, 0.25) is 0 Å². The van der Waals surface area contributed by atoms with Crippen LogP contribution < -0.4 is 16.3 Å². The number of nitrogens with one attached hydrogen (secondary N) is 3. The number of imidazole rings is 1. The standard InChI is InChI=1S/C27H32N4O3/c1-2-34-26(32)15-9-10-16-28-22-18-25-24(17-23(22)29-21-13-7-4-8-14-21)30-27(33)31(25)19-20-11-5-3-6-12-20/h4,7-10,13-18,20,28-29H,2-3,5-6,11-12,19H2,1H3,(H,30,33)/b15-9+,16-10-. The van der Waals surface area contributed by atoms with Crippen LogP contribution in [0.4, 0.5) is 17.1 Å². The van der Waals surface area contributed by atoms with Crippen LogP contribution in [0.5, 0.6) is 0 Å². The lowest BCUT2D eigenvalue weighted by Gasteiger charge is -2.22. The number of carbonyl (C=O) groups is 1. The Hall–Kier alpha value is -3.74. The maximum Gasteiger partial charge on any atom is 0.330 e. The molecule has 3 N–H and O–H groups in total. The number of fused-ring (bicyclic) bond motifs is 1. The lowest BCUT2D eigenvalue weighted by atomic mass is 9.89. The number of para-hydroxylation sites is 1. The summed E-state index contributed by atoms with van der Waals surface area (Å²) >= 11 is 0. The molecule has 0 spiro atoms. The summed E-state index contributed by atoms with van der Waals surface area (Å²) in [6.07, 6.45) is 12.6. The number of allylic oxidation sites excluding steroid dienone is 2. The third-order valence-electron chi connectivity index (χ3n) is 6.10. The van der Waals surface area contributed by atoms with Crippen LogP contribution in [0.25, 0.3) is 11.0 Å². The van der Waals surface area contributed by atoms with Gasteiger partial charge in [0.15, 0.2) is 0 Å². The number of nitrogens with zero attached hydrogens (tertiary/aromatic N) is 1. The number of ether oxygens (including phenoxy) is 1. The number of H-pyrrole nitrogens is 1. The van der Waals surface area contributed by atoms with Crippen molar-refractivity contribution in [1.29, 1.82) is 0 Å². The molecule has 7 nitrogen and oxygen atoms in total. The van der Waals surface area contributed by atoms with Crippen LogP contribution in [-0.4, -0.2) is 22.1 Å². The van der Waals surface area contributed by atoms with Crippen molar-refractivity contribution in [2.75, 3.05) is 17.2 Å². The van der Waals surface area contributed by atoms with Crippen molar-refractivity contribution in [1.82, 2.24) is 9.55 Å². The number of esters is 1. The molecule has 1 aliphatic rings. The van der Waals surface area contributed by atoms with Gasteiger partial charge in [0, 0.05) is 24.5 Å². The van der Waals surface area contributed by atoms with Crippen molar-refractivity contribution in [3.05, 3.63) is 77.4 Å². The van der Waals surface area contributed by atoms with Gasteiger partial charge >= 0.3 is 11.7 Å². The molecular formula is C27H32N4O3. The van der Waals surface area contributed by atoms with Crippen molar-refractivity contribution in [2.24, 2.45) is 5.92 Å². The molecule has 0 saturated heterocycles. The second-order valence-electron chi connectivity index (χ2n) is 8.57. The first kappa shape index (κ1) is 23.4. The van der Waals surface area contributed by atoms with E-state index in [2.05, 4.69) is 15.6 Å². The molecule has 0 bridgehead atoms. The molecule has 1 aromatic heterocycles. The van der Waals surface area contributed by atoms with E-state index in [4.69, 9.17) is 4.74 Å². The maximum atomic E-state index is 12.8. The summed E-state index contributed by atoms with van der Waals surface area (Å²) in [5.74, 6) is 0.163. The average molecular weight is 461 g/mol. The highest BCUT2D eigenvalue weighted by atomic mass is 16.5. The molecule has 7 heteroatoms. The normalized spacial score (nSPS) is 14.7. The van der Waals surface area contributed by atoms with E-state index in [1.165, 1.54) is 38.2 Å². The van der Waals surface area contributed by atoms with E-state index in [0.717, 1.165) is 34.6 Å². The number of hydrogen-bond acceptors (Lipinski definition) is 5. The predicted octanol–water partition coefficient (Wildman–Crippen LogP) is 5.70. The van der Waals surface area contributed by atoms with Crippen molar-refractivity contribution < 1.29 is 9.53 Å². The Bertz CT molecular complexity index is 1220. The monoisotopic (exact) mass is 460 g/mol. The first-order valence-electron chi connectivity index (χ1n) is 12.0. The molecular weight excluding hydrogens is 428 g/mol. The summed E-state index contributed by atoms with van der Waals surface area (Å²) in [5.41, 5.74) is 4.22. The molecule has 0 radical (unpaired) electrons. The van der Waals surface area contributed by atoms with Crippen LogP contribution in [-0.2, 0) is 16.1 Å². The van der Waals surface area contributed by atoms with Crippen LogP contribution in [0, 0.1) is 5.92 Å². The number of rotatable bonds is 9. The van der Waals surface area contributed by atoms with E-state index >= 15 is 0 Å². The summed E-state index contributed by atoms with van der Waals surface area (Å²) in [6.45, 7) is 2.86. The summed E-state index contributed by atoms with van der Waals surface area (Å²) < 4.78 is 6.76. The van der Waals surface area contributed by atoms with E-state index < -0.39 is 0 Å². The Labute approximate surface area is 199 Å². The van der Waals surface area contributed by atoms with E-state index in [0.29, 0.717) is 12.5 Å². The second kappa shape index (κ2) is 11.4. The molecule has 1 fully saturated rings. The minimum absolute atomic E-state index is 0.0729. The van der Waals surface area contributed by atoms with Crippen LogP contribution in [0.1, 0.15) is 39.0 Å². The molecule has 0 unspecified atom stereocenters. The van der Waals surface area contributed by atoms with Gasteiger partial charge in [0.25, 0.3) is 0 Å². The number of anilines is 3. The molecule has 34 heavy (non-hydrogen) atoms. The third kappa shape index (κ3) is 5.98. The summed E-state index contributed by atoms with van der Waals surface area (Å²) in [5, 5.41) is 6.73. The molecule has 4 rings (SSSR count). The Morgan fingerprint density at radius 2 is 1.91 bits per heavy atom. The fourth-order valence-corrected chi connectivity index (χ4v) is 4.43. The summed E-state index contributed by atoms with van der Waals surface area (Å²) in [4.78, 5) is 27.3. The lowest BCUT2D eigenvalue weighted by Crippen LogP contribution is -2.23. The smallest absolute Gasteiger partial charge is 0.330 e. The number of benzene rings is 2. The zero-order valence-corrected chi connectivity index (χ0v) is 19.5. The van der Waals surface area contributed by atoms with Gasteiger partial charge in [-0.3, -0.25) is 4.57 Å². The average Bonchev–Trinajstić information content (AvgIpc) is 3.14.